The van der Waals surface area contributed by atoms with Gasteiger partial charge in [0, 0.05) is 19.3 Å². The Morgan fingerprint density at radius 2 is 2.10 bits per heavy atom. The van der Waals surface area contributed by atoms with Crippen LogP contribution in [0.25, 0.3) is 0 Å². The summed E-state index contributed by atoms with van der Waals surface area (Å²) in [6.07, 6.45) is -5.03. The fourth-order valence-corrected chi connectivity index (χ4v) is 1.57. The van der Waals surface area contributed by atoms with Crippen LogP contribution in [0.15, 0.2) is 12.3 Å². The predicted octanol–water partition coefficient (Wildman–Crippen LogP) is 0.166. The van der Waals surface area contributed by atoms with Crippen molar-refractivity contribution in [3.05, 3.63) is 18.1 Å². The molecule has 0 spiro atoms. The van der Waals surface area contributed by atoms with Gasteiger partial charge in [0.25, 0.3) is 0 Å². The second kappa shape index (κ2) is 7.36. The molecular formula is C11H17F3N4O2. The van der Waals surface area contributed by atoms with E-state index in [2.05, 4.69) is 9.97 Å². The van der Waals surface area contributed by atoms with Crippen LogP contribution in [0.2, 0.25) is 0 Å². The number of aliphatic hydroxyl groups excluding tert-OH is 2. The topological polar surface area (TPSA) is 95.5 Å². The third-order valence-electron chi connectivity index (χ3n) is 2.48. The number of nitrogen functional groups attached to an aromatic ring is 1. The zero-order chi connectivity index (χ0) is 15.2. The number of anilines is 1. The molecular weight excluding hydrogens is 277 g/mol. The van der Waals surface area contributed by atoms with Gasteiger partial charge in [0.15, 0.2) is 0 Å². The van der Waals surface area contributed by atoms with Crippen molar-refractivity contribution in [3.63, 3.8) is 0 Å². The molecule has 1 aromatic rings. The summed E-state index contributed by atoms with van der Waals surface area (Å²) in [7, 11) is 0. The summed E-state index contributed by atoms with van der Waals surface area (Å²) in [6.45, 7) is -0.943. The number of alkyl halides is 3. The quantitative estimate of drug-likeness (QED) is 0.663. The molecule has 9 heteroatoms. The molecule has 1 atom stereocenters. The largest absolute Gasteiger partial charge is 0.394 e. The van der Waals surface area contributed by atoms with Crippen LogP contribution < -0.4 is 5.73 Å². The standard InChI is InChI=1S/C11H17F3N4O2/c12-11(13,14)2-4-18(5-8(20)7-19)6-10-16-3-1-9(15)17-10/h1,3,8,19-20H,2,4-7H2,(H2,15,16,17)/t8-/m0/s1. The van der Waals surface area contributed by atoms with Crippen LogP contribution in [0.3, 0.4) is 0 Å². The van der Waals surface area contributed by atoms with Crippen molar-refractivity contribution < 1.29 is 23.4 Å². The van der Waals surface area contributed by atoms with E-state index in [4.69, 9.17) is 10.8 Å². The van der Waals surface area contributed by atoms with Crippen LogP contribution in [0.5, 0.6) is 0 Å². The molecule has 0 aliphatic heterocycles. The minimum absolute atomic E-state index is 0.0121. The first-order valence-corrected chi connectivity index (χ1v) is 5.95. The van der Waals surface area contributed by atoms with Gasteiger partial charge in [-0.25, -0.2) is 9.97 Å². The molecule has 20 heavy (non-hydrogen) atoms. The molecule has 0 aliphatic rings. The number of rotatable bonds is 7. The molecule has 0 saturated heterocycles. The van der Waals surface area contributed by atoms with Crippen LogP contribution in [0.4, 0.5) is 19.0 Å². The molecule has 1 rings (SSSR count). The van der Waals surface area contributed by atoms with Crippen molar-refractivity contribution in [2.75, 3.05) is 25.4 Å². The van der Waals surface area contributed by atoms with Crippen molar-refractivity contribution in [3.8, 4) is 0 Å². The third kappa shape index (κ3) is 6.64. The van der Waals surface area contributed by atoms with Gasteiger partial charge in [0.2, 0.25) is 0 Å². The third-order valence-corrected chi connectivity index (χ3v) is 2.48. The zero-order valence-electron chi connectivity index (χ0n) is 10.7. The lowest BCUT2D eigenvalue weighted by Crippen LogP contribution is -2.36. The van der Waals surface area contributed by atoms with Crippen molar-refractivity contribution in [1.29, 1.82) is 0 Å². The molecule has 0 unspecified atom stereocenters. The number of nitrogens with zero attached hydrogens (tertiary/aromatic N) is 3. The smallest absolute Gasteiger partial charge is 0.390 e. The number of halogens is 3. The lowest BCUT2D eigenvalue weighted by atomic mass is 10.3. The normalized spacial score (nSPS) is 13.7. The maximum Gasteiger partial charge on any atom is 0.390 e. The second-order valence-corrected chi connectivity index (χ2v) is 4.33. The van der Waals surface area contributed by atoms with Gasteiger partial charge in [0.1, 0.15) is 11.6 Å². The minimum Gasteiger partial charge on any atom is -0.394 e. The number of nitrogens with two attached hydrogens (primary N) is 1. The Morgan fingerprint density at radius 1 is 1.40 bits per heavy atom. The van der Waals surface area contributed by atoms with Crippen LogP contribution in [0, 0.1) is 0 Å². The summed E-state index contributed by atoms with van der Waals surface area (Å²) in [5.41, 5.74) is 5.47. The molecule has 0 radical (unpaired) electrons. The lowest BCUT2D eigenvalue weighted by molar-refractivity contribution is -0.139. The first-order valence-electron chi connectivity index (χ1n) is 5.95. The van der Waals surface area contributed by atoms with Crippen molar-refractivity contribution in [2.24, 2.45) is 0 Å². The summed E-state index contributed by atoms with van der Waals surface area (Å²) < 4.78 is 36.7. The Morgan fingerprint density at radius 3 is 2.65 bits per heavy atom. The highest BCUT2D eigenvalue weighted by Gasteiger charge is 2.28. The lowest BCUT2D eigenvalue weighted by Gasteiger charge is -2.24. The van der Waals surface area contributed by atoms with Gasteiger partial charge in [-0.3, -0.25) is 4.90 Å². The Bertz CT molecular complexity index is 417. The van der Waals surface area contributed by atoms with Crippen LogP contribution in [-0.4, -0.2) is 57.1 Å². The number of hydrogen-bond acceptors (Lipinski definition) is 6. The van der Waals surface area contributed by atoms with E-state index < -0.39 is 25.3 Å². The number of hydrogen-bond donors (Lipinski definition) is 3. The van der Waals surface area contributed by atoms with E-state index in [1.807, 2.05) is 0 Å². The zero-order valence-corrected chi connectivity index (χ0v) is 10.7. The van der Waals surface area contributed by atoms with Crippen molar-refractivity contribution in [2.45, 2.75) is 25.2 Å². The summed E-state index contributed by atoms with van der Waals surface area (Å²) in [5.74, 6) is 0.478. The molecule has 4 N–H and O–H groups in total. The van der Waals surface area contributed by atoms with Gasteiger partial charge in [0.05, 0.1) is 25.7 Å². The Hall–Kier alpha value is -1.45. The highest BCUT2D eigenvalue weighted by Crippen LogP contribution is 2.20. The van der Waals surface area contributed by atoms with Gasteiger partial charge in [-0.2, -0.15) is 13.2 Å². The van der Waals surface area contributed by atoms with E-state index in [1.54, 1.807) is 0 Å². The molecule has 0 saturated carbocycles. The van der Waals surface area contributed by atoms with Crippen molar-refractivity contribution in [1.82, 2.24) is 14.9 Å². The molecule has 0 amide bonds. The van der Waals surface area contributed by atoms with Crippen LogP contribution in [-0.2, 0) is 6.54 Å². The molecule has 0 aliphatic carbocycles. The second-order valence-electron chi connectivity index (χ2n) is 4.33. The fraction of sp³-hybridized carbons (Fsp3) is 0.636. The van der Waals surface area contributed by atoms with Gasteiger partial charge >= 0.3 is 6.18 Å². The highest BCUT2D eigenvalue weighted by atomic mass is 19.4. The Labute approximate surface area is 114 Å². The number of aromatic nitrogens is 2. The van der Waals surface area contributed by atoms with E-state index in [1.165, 1.54) is 17.2 Å². The summed E-state index contributed by atoms with van der Waals surface area (Å²) in [6, 6.07) is 1.46. The minimum atomic E-state index is -4.29. The first-order chi connectivity index (χ1) is 9.30. The maximum absolute atomic E-state index is 12.2. The molecule has 6 nitrogen and oxygen atoms in total. The van der Waals surface area contributed by atoms with Gasteiger partial charge in [-0.05, 0) is 6.07 Å². The molecule has 1 heterocycles. The summed E-state index contributed by atoms with van der Waals surface area (Å²) in [4.78, 5) is 9.11. The van der Waals surface area contributed by atoms with E-state index in [0.29, 0.717) is 0 Å². The molecule has 114 valence electrons. The fourth-order valence-electron chi connectivity index (χ4n) is 1.57. The highest BCUT2D eigenvalue weighted by molar-refractivity contribution is 5.24. The molecule has 1 aromatic heterocycles. The molecule has 0 aromatic carbocycles. The van der Waals surface area contributed by atoms with Crippen molar-refractivity contribution >= 4 is 5.82 Å². The monoisotopic (exact) mass is 294 g/mol. The van der Waals surface area contributed by atoms with E-state index in [-0.39, 0.29) is 31.3 Å². The van der Waals surface area contributed by atoms with Gasteiger partial charge in [-0.15, -0.1) is 0 Å². The molecule has 0 bridgehead atoms. The SMILES string of the molecule is Nc1ccnc(CN(CCC(F)(F)F)C[C@H](O)CO)n1. The Kier molecular flexibility index (Phi) is 6.11. The maximum atomic E-state index is 12.2. The number of aliphatic hydroxyl groups is 2. The van der Waals surface area contributed by atoms with E-state index in [0.717, 1.165) is 0 Å². The predicted molar refractivity (Wildman–Crippen MR) is 65.5 cm³/mol. The van der Waals surface area contributed by atoms with Gasteiger partial charge < -0.3 is 15.9 Å². The summed E-state index contributed by atoms with van der Waals surface area (Å²) in [5, 5.41) is 18.1. The molecule has 0 fully saturated rings. The first kappa shape index (κ1) is 16.6. The van der Waals surface area contributed by atoms with E-state index in [9.17, 15) is 18.3 Å². The van der Waals surface area contributed by atoms with Crippen LogP contribution in [0.1, 0.15) is 12.2 Å². The average Bonchev–Trinajstić information content (AvgIpc) is 2.35. The van der Waals surface area contributed by atoms with Gasteiger partial charge in [-0.1, -0.05) is 0 Å². The average molecular weight is 294 g/mol. The van der Waals surface area contributed by atoms with E-state index >= 15 is 0 Å². The van der Waals surface area contributed by atoms with Crippen LogP contribution >= 0.6 is 0 Å². The Balaban J connectivity index is 2.66. The summed E-state index contributed by atoms with van der Waals surface area (Å²) >= 11 is 0.